The van der Waals surface area contributed by atoms with Gasteiger partial charge in [0, 0.05) is 10.9 Å². The van der Waals surface area contributed by atoms with E-state index in [2.05, 4.69) is 10.3 Å². The molecular formula is C17H12Cl2N2O3. The number of esters is 1. The fraction of sp³-hybridized carbons (Fsp3) is 0.0588. The van der Waals surface area contributed by atoms with Gasteiger partial charge in [0.25, 0.3) is 5.91 Å². The van der Waals surface area contributed by atoms with Crippen LogP contribution >= 0.6 is 23.2 Å². The number of nitrogens with one attached hydrogen (secondary N) is 2. The first-order valence-electron chi connectivity index (χ1n) is 7.03. The molecule has 7 heteroatoms. The maximum absolute atomic E-state index is 12.0. The lowest BCUT2D eigenvalue weighted by Gasteiger charge is -2.08. The Morgan fingerprint density at radius 1 is 1.08 bits per heavy atom. The van der Waals surface area contributed by atoms with Crippen LogP contribution in [0.15, 0.2) is 48.5 Å². The second-order valence-electron chi connectivity index (χ2n) is 5.00. The summed E-state index contributed by atoms with van der Waals surface area (Å²) in [4.78, 5) is 26.8. The maximum Gasteiger partial charge on any atom is 0.355 e. The van der Waals surface area contributed by atoms with Gasteiger partial charge in [-0.15, -0.1) is 0 Å². The molecule has 3 rings (SSSR count). The van der Waals surface area contributed by atoms with E-state index < -0.39 is 18.5 Å². The first-order chi connectivity index (χ1) is 11.5. The third-order valence-corrected chi connectivity index (χ3v) is 4.13. The number of carbonyl (C=O) groups is 2. The number of carbonyl (C=O) groups excluding carboxylic acids is 2. The first kappa shape index (κ1) is 16.4. The molecule has 5 nitrogen and oxygen atoms in total. The van der Waals surface area contributed by atoms with Gasteiger partial charge in [-0.05, 0) is 24.3 Å². The first-order valence-corrected chi connectivity index (χ1v) is 7.79. The third kappa shape index (κ3) is 3.53. The predicted octanol–water partition coefficient (Wildman–Crippen LogP) is 4.27. The number of benzene rings is 2. The van der Waals surface area contributed by atoms with E-state index in [9.17, 15) is 9.59 Å². The Morgan fingerprint density at radius 2 is 1.88 bits per heavy atom. The van der Waals surface area contributed by atoms with Crippen molar-refractivity contribution < 1.29 is 14.3 Å². The molecule has 0 saturated heterocycles. The van der Waals surface area contributed by atoms with Crippen molar-refractivity contribution in [1.82, 2.24) is 4.98 Å². The van der Waals surface area contributed by atoms with Crippen LogP contribution in [0, 0.1) is 0 Å². The van der Waals surface area contributed by atoms with Crippen LogP contribution < -0.4 is 5.32 Å². The zero-order valence-corrected chi connectivity index (χ0v) is 13.8. The van der Waals surface area contributed by atoms with Crippen LogP contribution in [0.1, 0.15) is 10.5 Å². The van der Waals surface area contributed by atoms with Crippen molar-refractivity contribution in [1.29, 1.82) is 0 Å². The smallest absolute Gasteiger partial charge is 0.355 e. The summed E-state index contributed by atoms with van der Waals surface area (Å²) in [5.74, 6) is -1.12. The number of hydrogen-bond donors (Lipinski definition) is 2. The van der Waals surface area contributed by atoms with Crippen LogP contribution in [-0.2, 0) is 9.53 Å². The number of rotatable bonds is 4. The molecule has 0 bridgehead atoms. The average molecular weight is 363 g/mol. The SMILES string of the molecule is O=C(COC(=O)c1cc2ccccc2[nH]1)Nc1cccc(Cl)c1Cl. The van der Waals surface area contributed by atoms with Gasteiger partial charge in [-0.2, -0.15) is 0 Å². The molecule has 2 N–H and O–H groups in total. The molecule has 1 amide bonds. The lowest BCUT2D eigenvalue weighted by Crippen LogP contribution is -2.21. The van der Waals surface area contributed by atoms with E-state index in [1.54, 1.807) is 24.3 Å². The normalized spacial score (nSPS) is 10.6. The number of para-hydroxylation sites is 1. The molecule has 0 spiro atoms. The molecule has 2 aromatic carbocycles. The molecule has 0 fully saturated rings. The maximum atomic E-state index is 12.0. The Morgan fingerprint density at radius 3 is 2.67 bits per heavy atom. The Kier molecular flexibility index (Phi) is 4.74. The summed E-state index contributed by atoms with van der Waals surface area (Å²) in [6.45, 7) is -0.433. The third-order valence-electron chi connectivity index (χ3n) is 3.31. The van der Waals surface area contributed by atoms with E-state index in [1.165, 1.54) is 0 Å². The Bertz CT molecular complexity index is 888. The van der Waals surface area contributed by atoms with Crippen LogP contribution in [0.4, 0.5) is 5.69 Å². The van der Waals surface area contributed by atoms with E-state index >= 15 is 0 Å². The van der Waals surface area contributed by atoms with Gasteiger partial charge >= 0.3 is 5.97 Å². The predicted molar refractivity (Wildman–Crippen MR) is 93.7 cm³/mol. The number of amides is 1. The van der Waals surface area contributed by atoms with Crippen molar-refractivity contribution in [3.05, 3.63) is 64.3 Å². The van der Waals surface area contributed by atoms with Gasteiger partial charge in [0.1, 0.15) is 5.69 Å². The number of ether oxygens (including phenoxy) is 1. The number of fused-ring (bicyclic) bond motifs is 1. The summed E-state index contributed by atoms with van der Waals surface area (Å²) in [6.07, 6.45) is 0. The molecule has 0 aliphatic heterocycles. The fourth-order valence-corrected chi connectivity index (χ4v) is 2.53. The number of aromatic amines is 1. The molecule has 0 radical (unpaired) electrons. The standard InChI is InChI=1S/C17H12Cl2N2O3/c18-11-5-3-7-13(16(11)19)21-15(22)9-24-17(23)14-8-10-4-1-2-6-12(10)20-14/h1-8,20H,9H2,(H,21,22). The molecule has 0 aliphatic carbocycles. The number of H-pyrrole nitrogens is 1. The quantitative estimate of drug-likeness (QED) is 0.680. The van der Waals surface area contributed by atoms with E-state index in [4.69, 9.17) is 27.9 Å². The Hall–Kier alpha value is -2.50. The minimum absolute atomic E-state index is 0.231. The summed E-state index contributed by atoms with van der Waals surface area (Å²) < 4.78 is 5.00. The fourth-order valence-electron chi connectivity index (χ4n) is 2.18. The summed E-state index contributed by atoms with van der Waals surface area (Å²) in [6, 6.07) is 14.0. The number of halogens is 2. The molecule has 0 aliphatic rings. The van der Waals surface area contributed by atoms with Crippen molar-refractivity contribution in [2.45, 2.75) is 0 Å². The van der Waals surface area contributed by atoms with Gasteiger partial charge in [0.05, 0.1) is 15.7 Å². The van der Waals surface area contributed by atoms with Crippen molar-refractivity contribution >= 4 is 51.7 Å². The Labute approximate surface area is 147 Å². The van der Waals surface area contributed by atoms with Crippen LogP contribution in [0.2, 0.25) is 10.0 Å². The molecule has 1 aromatic heterocycles. The van der Waals surface area contributed by atoms with Crippen molar-refractivity contribution in [3.8, 4) is 0 Å². The van der Waals surface area contributed by atoms with Crippen molar-refractivity contribution in [3.63, 3.8) is 0 Å². The lowest BCUT2D eigenvalue weighted by atomic mass is 10.2. The molecule has 3 aromatic rings. The van der Waals surface area contributed by atoms with Gasteiger partial charge in [-0.3, -0.25) is 4.79 Å². The van der Waals surface area contributed by atoms with E-state index in [0.717, 1.165) is 10.9 Å². The second kappa shape index (κ2) is 6.95. The summed E-state index contributed by atoms with van der Waals surface area (Å²) in [7, 11) is 0. The Balaban J connectivity index is 1.61. The van der Waals surface area contributed by atoms with Gasteiger partial charge in [0.15, 0.2) is 6.61 Å². The molecule has 0 atom stereocenters. The molecule has 0 unspecified atom stereocenters. The van der Waals surface area contributed by atoms with Crippen LogP contribution in [0.25, 0.3) is 10.9 Å². The highest BCUT2D eigenvalue weighted by Crippen LogP contribution is 2.29. The summed E-state index contributed by atoms with van der Waals surface area (Å²) in [5, 5.41) is 3.98. The van der Waals surface area contributed by atoms with Crippen molar-refractivity contribution in [2.24, 2.45) is 0 Å². The van der Waals surface area contributed by atoms with Gasteiger partial charge in [-0.25, -0.2) is 4.79 Å². The van der Waals surface area contributed by atoms with Crippen molar-refractivity contribution in [2.75, 3.05) is 11.9 Å². The topological polar surface area (TPSA) is 71.2 Å². The molecule has 24 heavy (non-hydrogen) atoms. The summed E-state index contributed by atoms with van der Waals surface area (Å²) >= 11 is 11.9. The van der Waals surface area contributed by atoms with E-state index in [1.807, 2.05) is 24.3 Å². The van der Waals surface area contributed by atoms with E-state index in [-0.39, 0.29) is 10.7 Å². The minimum Gasteiger partial charge on any atom is -0.451 e. The highest BCUT2D eigenvalue weighted by Gasteiger charge is 2.14. The molecular weight excluding hydrogens is 351 g/mol. The monoisotopic (exact) mass is 362 g/mol. The average Bonchev–Trinajstić information content (AvgIpc) is 3.01. The minimum atomic E-state index is -0.612. The summed E-state index contributed by atoms with van der Waals surface area (Å²) in [5.41, 5.74) is 1.46. The van der Waals surface area contributed by atoms with Gasteiger partial charge < -0.3 is 15.0 Å². The zero-order chi connectivity index (χ0) is 17.1. The van der Waals surface area contributed by atoms with E-state index in [0.29, 0.717) is 10.7 Å². The zero-order valence-electron chi connectivity index (χ0n) is 12.3. The largest absolute Gasteiger partial charge is 0.451 e. The number of anilines is 1. The molecule has 122 valence electrons. The van der Waals surface area contributed by atoms with Gasteiger partial charge in [0.2, 0.25) is 0 Å². The molecule has 0 saturated carbocycles. The molecule has 1 heterocycles. The number of aromatic nitrogens is 1. The van der Waals surface area contributed by atoms with Crippen LogP contribution in [0.5, 0.6) is 0 Å². The highest BCUT2D eigenvalue weighted by molar-refractivity contribution is 6.44. The van der Waals surface area contributed by atoms with Crippen LogP contribution in [-0.4, -0.2) is 23.5 Å². The number of hydrogen-bond acceptors (Lipinski definition) is 3. The second-order valence-corrected chi connectivity index (χ2v) is 5.78. The van der Waals surface area contributed by atoms with Crippen LogP contribution in [0.3, 0.4) is 0 Å². The lowest BCUT2D eigenvalue weighted by molar-refractivity contribution is -0.119. The highest BCUT2D eigenvalue weighted by atomic mass is 35.5. The van der Waals surface area contributed by atoms with Gasteiger partial charge in [-0.1, -0.05) is 47.5 Å².